The molecule has 0 fully saturated rings. The third-order valence-corrected chi connectivity index (χ3v) is 4.18. The van der Waals surface area contributed by atoms with Crippen molar-refractivity contribution in [2.45, 2.75) is 17.8 Å². The van der Waals surface area contributed by atoms with Crippen molar-refractivity contribution in [1.29, 1.82) is 0 Å². The highest BCUT2D eigenvalue weighted by molar-refractivity contribution is 7.98. The molecule has 92 valence electrons. The molecule has 0 aliphatic carbocycles. The second-order valence-corrected chi connectivity index (χ2v) is 5.51. The van der Waals surface area contributed by atoms with Crippen LogP contribution in [-0.2, 0) is 5.75 Å². The van der Waals surface area contributed by atoms with Crippen molar-refractivity contribution in [3.8, 4) is 0 Å². The fraction of sp³-hybridized carbons (Fsp3) is 0.182. The number of thioether (sulfide) groups is 1. The minimum absolute atomic E-state index is 0.528. The number of nitrogens with two attached hydrogens (primary N) is 1. The summed E-state index contributed by atoms with van der Waals surface area (Å²) in [6.07, 6.45) is 1.45. The van der Waals surface area contributed by atoms with Crippen molar-refractivity contribution in [1.82, 2.24) is 15.0 Å². The summed E-state index contributed by atoms with van der Waals surface area (Å²) in [5, 5.41) is 3.55. The Morgan fingerprint density at radius 3 is 3.11 bits per heavy atom. The maximum atomic E-state index is 5.89. The van der Waals surface area contributed by atoms with Gasteiger partial charge in [-0.25, -0.2) is 15.0 Å². The maximum absolute atomic E-state index is 5.89. The first-order valence-electron chi connectivity index (χ1n) is 5.26. The van der Waals surface area contributed by atoms with Gasteiger partial charge in [0.15, 0.2) is 11.6 Å². The Kier molecular flexibility index (Phi) is 2.92. The number of nitrogens with zero attached hydrogens (tertiary/aromatic N) is 3. The van der Waals surface area contributed by atoms with Crippen LogP contribution in [0.25, 0.3) is 10.2 Å². The first kappa shape index (κ1) is 11.5. The van der Waals surface area contributed by atoms with E-state index >= 15 is 0 Å². The van der Waals surface area contributed by atoms with Gasteiger partial charge in [0.2, 0.25) is 0 Å². The van der Waals surface area contributed by atoms with Crippen LogP contribution < -0.4 is 5.73 Å². The first-order valence-corrected chi connectivity index (χ1v) is 7.13. The molecule has 2 N–H and O–H groups in total. The Morgan fingerprint density at radius 2 is 2.33 bits per heavy atom. The molecule has 0 spiro atoms. The van der Waals surface area contributed by atoms with E-state index in [1.54, 1.807) is 11.3 Å². The van der Waals surface area contributed by atoms with E-state index in [2.05, 4.69) is 15.0 Å². The van der Waals surface area contributed by atoms with Crippen molar-refractivity contribution in [3.05, 3.63) is 29.3 Å². The van der Waals surface area contributed by atoms with Crippen LogP contribution in [0.3, 0.4) is 0 Å². The number of oxazole rings is 1. The second-order valence-electron chi connectivity index (χ2n) is 3.67. The molecule has 18 heavy (non-hydrogen) atoms. The normalized spacial score (nSPS) is 11.2. The van der Waals surface area contributed by atoms with Crippen LogP contribution in [0.4, 0.5) is 5.82 Å². The van der Waals surface area contributed by atoms with Crippen LogP contribution in [0.5, 0.6) is 0 Å². The van der Waals surface area contributed by atoms with Gasteiger partial charge >= 0.3 is 0 Å². The van der Waals surface area contributed by atoms with E-state index in [1.165, 1.54) is 18.2 Å². The van der Waals surface area contributed by atoms with Crippen LogP contribution in [0, 0.1) is 6.92 Å². The topological polar surface area (TPSA) is 77.8 Å². The average molecular weight is 278 g/mol. The lowest BCUT2D eigenvalue weighted by molar-refractivity contribution is 0.525. The Bertz CT molecular complexity index is 691. The van der Waals surface area contributed by atoms with Gasteiger partial charge in [0.05, 0.1) is 11.1 Å². The SMILES string of the molecule is Cc1ocnc1CSc1nc(N)c2ccsc2n1. The summed E-state index contributed by atoms with van der Waals surface area (Å²) in [7, 11) is 0. The van der Waals surface area contributed by atoms with E-state index in [0.29, 0.717) is 16.7 Å². The molecule has 3 aromatic rings. The van der Waals surface area contributed by atoms with E-state index < -0.39 is 0 Å². The van der Waals surface area contributed by atoms with Gasteiger partial charge in [0.25, 0.3) is 0 Å². The van der Waals surface area contributed by atoms with Gasteiger partial charge in [-0.1, -0.05) is 11.8 Å². The molecular formula is C11H10N4OS2. The Labute approximate surface area is 111 Å². The van der Waals surface area contributed by atoms with Crippen LogP contribution in [0.1, 0.15) is 11.5 Å². The molecule has 0 radical (unpaired) electrons. The van der Waals surface area contributed by atoms with Gasteiger partial charge < -0.3 is 10.2 Å². The van der Waals surface area contributed by atoms with E-state index in [1.807, 2.05) is 18.4 Å². The molecule has 0 aliphatic heterocycles. The number of aromatic nitrogens is 3. The molecule has 0 atom stereocenters. The second kappa shape index (κ2) is 4.58. The van der Waals surface area contributed by atoms with E-state index in [-0.39, 0.29) is 0 Å². The van der Waals surface area contributed by atoms with E-state index in [4.69, 9.17) is 10.2 Å². The molecule has 3 rings (SSSR count). The van der Waals surface area contributed by atoms with Crippen molar-refractivity contribution in [2.75, 3.05) is 5.73 Å². The Hall–Kier alpha value is -1.60. The molecular weight excluding hydrogens is 268 g/mol. The lowest BCUT2D eigenvalue weighted by Gasteiger charge is -2.01. The average Bonchev–Trinajstić information content (AvgIpc) is 2.95. The predicted octanol–water partition coefficient (Wildman–Crippen LogP) is 2.86. The van der Waals surface area contributed by atoms with E-state index in [0.717, 1.165) is 21.7 Å². The third-order valence-electron chi connectivity index (χ3n) is 2.52. The number of thiophene rings is 1. The van der Waals surface area contributed by atoms with Crippen LogP contribution in [0.15, 0.2) is 27.4 Å². The molecule has 3 heterocycles. The molecule has 0 saturated heterocycles. The number of aryl methyl sites for hydroxylation is 1. The third kappa shape index (κ3) is 2.06. The zero-order valence-electron chi connectivity index (χ0n) is 9.58. The van der Waals surface area contributed by atoms with Gasteiger partial charge in [-0.3, -0.25) is 0 Å². The summed E-state index contributed by atoms with van der Waals surface area (Å²) in [6.45, 7) is 1.89. The Balaban J connectivity index is 1.84. The largest absolute Gasteiger partial charge is 0.448 e. The fourth-order valence-electron chi connectivity index (χ4n) is 1.52. The number of nitrogen functional groups attached to an aromatic ring is 1. The highest BCUT2D eigenvalue weighted by Crippen LogP contribution is 2.27. The van der Waals surface area contributed by atoms with Crippen LogP contribution in [-0.4, -0.2) is 15.0 Å². The smallest absolute Gasteiger partial charge is 0.191 e. The summed E-state index contributed by atoms with van der Waals surface area (Å²) < 4.78 is 5.15. The van der Waals surface area contributed by atoms with Crippen LogP contribution >= 0.6 is 23.1 Å². The van der Waals surface area contributed by atoms with E-state index in [9.17, 15) is 0 Å². The van der Waals surface area contributed by atoms with Gasteiger partial charge in [0.1, 0.15) is 16.4 Å². The predicted molar refractivity (Wildman–Crippen MR) is 72.6 cm³/mol. The van der Waals surface area contributed by atoms with Crippen LogP contribution in [0.2, 0.25) is 0 Å². The molecule has 5 nitrogen and oxygen atoms in total. The fourth-order valence-corrected chi connectivity index (χ4v) is 3.21. The summed E-state index contributed by atoms with van der Waals surface area (Å²) in [4.78, 5) is 13.8. The molecule has 7 heteroatoms. The number of anilines is 1. The molecule has 0 aromatic carbocycles. The first-order chi connectivity index (χ1) is 8.74. The zero-order valence-corrected chi connectivity index (χ0v) is 11.2. The zero-order chi connectivity index (χ0) is 12.5. The monoisotopic (exact) mass is 278 g/mol. The highest BCUT2D eigenvalue weighted by Gasteiger charge is 2.09. The Morgan fingerprint density at radius 1 is 1.44 bits per heavy atom. The lowest BCUT2D eigenvalue weighted by atomic mass is 10.4. The summed E-state index contributed by atoms with van der Waals surface area (Å²) in [6, 6.07) is 1.94. The molecule has 0 bridgehead atoms. The minimum Gasteiger partial charge on any atom is -0.448 e. The molecule has 3 aromatic heterocycles. The highest BCUT2D eigenvalue weighted by atomic mass is 32.2. The van der Waals surface area contributed by atoms with Gasteiger partial charge in [0, 0.05) is 5.75 Å². The van der Waals surface area contributed by atoms with Crippen molar-refractivity contribution in [2.24, 2.45) is 0 Å². The minimum atomic E-state index is 0.528. The summed E-state index contributed by atoms with van der Waals surface area (Å²) in [5.74, 6) is 2.03. The number of hydrogen-bond donors (Lipinski definition) is 1. The van der Waals surface area contributed by atoms with Gasteiger partial charge in [-0.2, -0.15) is 0 Å². The lowest BCUT2D eigenvalue weighted by Crippen LogP contribution is -1.95. The molecule has 0 saturated carbocycles. The summed E-state index contributed by atoms with van der Waals surface area (Å²) >= 11 is 3.07. The van der Waals surface area contributed by atoms with Gasteiger partial charge in [-0.05, 0) is 18.4 Å². The van der Waals surface area contributed by atoms with Crippen molar-refractivity contribution < 1.29 is 4.42 Å². The molecule has 0 amide bonds. The standard InChI is InChI=1S/C11H10N4OS2/c1-6-8(13-5-16-6)4-18-11-14-9(12)7-2-3-17-10(7)15-11/h2-3,5H,4H2,1H3,(H2,12,14,15). The number of hydrogen-bond acceptors (Lipinski definition) is 7. The van der Waals surface area contributed by atoms with Gasteiger partial charge in [-0.15, -0.1) is 11.3 Å². The van der Waals surface area contributed by atoms with Crippen molar-refractivity contribution in [3.63, 3.8) is 0 Å². The number of fused-ring (bicyclic) bond motifs is 1. The molecule has 0 unspecified atom stereocenters. The molecule has 0 aliphatic rings. The maximum Gasteiger partial charge on any atom is 0.191 e. The quantitative estimate of drug-likeness (QED) is 0.586. The number of rotatable bonds is 3. The summed E-state index contributed by atoms with van der Waals surface area (Å²) in [5.41, 5.74) is 6.80. The van der Waals surface area contributed by atoms with Crippen molar-refractivity contribution >= 4 is 39.1 Å².